The van der Waals surface area contributed by atoms with Crippen LogP contribution in [-0.2, 0) is 0 Å². The van der Waals surface area contributed by atoms with Gasteiger partial charge in [0.15, 0.2) is 0 Å². The third-order valence-electron chi connectivity index (χ3n) is 3.74. The molecule has 1 heterocycles. The molecule has 0 aliphatic heterocycles. The summed E-state index contributed by atoms with van der Waals surface area (Å²) in [4.78, 5) is 11.7. The van der Waals surface area contributed by atoms with E-state index in [4.69, 9.17) is 21.6 Å². The first-order valence-corrected chi connectivity index (χ1v) is 7.88. The summed E-state index contributed by atoms with van der Waals surface area (Å²) in [5.41, 5.74) is 2.92. The Morgan fingerprint density at radius 2 is 1.68 bits per heavy atom. The summed E-state index contributed by atoms with van der Waals surface area (Å²) in [5, 5.41) is 1.68. The van der Waals surface area contributed by atoms with E-state index in [2.05, 4.69) is 30.9 Å². The number of rotatable bonds is 4. The molecule has 3 nitrogen and oxygen atoms in total. The first kappa shape index (κ1) is 14.8. The molecule has 2 aromatic carbocycles. The monoisotopic (exact) mass is 311 g/mol. The minimum atomic E-state index is 0.698. The molecular formula is C18H18ClN3. The second kappa shape index (κ2) is 6.32. The van der Waals surface area contributed by atoms with E-state index in [1.165, 1.54) is 0 Å². The van der Waals surface area contributed by atoms with Gasteiger partial charge in [0.2, 0.25) is 5.95 Å². The van der Waals surface area contributed by atoms with Gasteiger partial charge in [-0.25, -0.2) is 9.97 Å². The number of anilines is 1. The van der Waals surface area contributed by atoms with Crippen LogP contribution in [0.4, 0.5) is 5.95 Å². The molecule has 0 saturated heterocycles. The molecule has 0 spiro atoms. The van der Waals surface area contributed by atoms with Gasteiger partial charge in [0.1, 0.15) is 0 Å². The van der Waals surface area contributed by atoms with Crippen molar-refractivity contribution in [3.8, 4) is 11.3 Å². The van der Waals surface area contributed by atoms with E-state index in [-0.39, 0.29) is 0 Å². The van der Waals surface area contributed by atoms with Gasteiger partial charge in [0.25, 0.3) is 0 Å². The summed E-state index contributed by atoms with van der Waals surface area (Å²) in [6.45, 7) is 5.98. The zero-order valence-corrected chi connectivity index (χ0v) is 13.5. The summed E-state index contributed by atoms with van der Waals surface area (Å²) in [7, 11) is 0. The predicted octanol–water partition coefficient (Wildman–Crippen LogP) is 4.80. The molecule has 0 radical (unpaired) electrons. The molecule has 3 rings (SSSR count). The van der Waals surface area contributed by atoms with Crippen LogP contribution in [0.25, 0.3) is 22.2 Å². The van der Waals surface area contributed by atoms with Gasteiger partial charge in [-0.2, -0.15) is 0 Å². The first-order chi connectivity index (χ1) is 10.7. The van der Waals surface area contributed by atoms with Gasteiger partial charge in [0.05, 0.1) is 11.2 Å². The lowest BCUT2D eigenvalue weighted by molar-refractivity contribution is 0.827. The Kier molecular flexibility index (Phi) is 4.25. The molecule has 0 aliphatic rings. The molecule has 0 aliphatic carbocycles. The standard InChI is InChI=1S/C18H18ClN3/c1-3-22(4-2)18-20-16-11-10-14(19)12-15(16)17(21-18)13-8-6-5-7-9-13/h5-12H,3-4H2,1-2H3. The quantitative estimate of drug-likeness (QED) is 0.693. The number of halogens is 1. The highest BCUT2D eigenvalue weighted by molar-refractivity contribution is 6.31. The van der Waals surface area contributed by atoms with Crippen molar-refractivity contribution >= 4 is 28.5 Å². The third-order valence-corrected chi connectivity index (χ3v) is 3.97. The third kappa shape index (κ3) is 2.77. The largest absolute Gasteiger partial charge is 0.341 e. The Bertz CT molecular complexity index is 783. The summed E-state index contributed by atoms with van der Waals surface area (Å²) in [6.07, 6.45) is 0. The van der Waals surface area contributed by atoms with Crippen molar-refractivity contribution in [3.05, 3.63) is 53.6 Å². The Morgan fingerprint density at radius 1 is 0.955 bits per heavy atom. The summed E-state index contributed by atoms with van der Waals surface area (Å²) in [6, 6.07) is 15.9. The molecule has 0 atom stereocenters. The maximum Gasteiger partial charge on any atom is 0.226 e. The van der Waals surface area contributed by atoms with Crippen molar-refractivity contribution in [2.24, 2.45) is 0 Å². The molecule has 112 valence electrons. The molecule has 0 fully saturated rings. The molecule has 0 N–H and O–H groups in total. The predicted molar refractivity (Wildman–Crippen MR) is 93.5 cm³/mol. The molecule has 1 aromatic heterocycles. The van der Waals surface area contributed by atoms with E-state index < -0.39 is 0 Å². The first-order valence-electron chi connectivity index (χ1n) is 7.50. The minimum absolute atomic E-state index is 0.698. The van der Waals surface area contributed by atoms with Crippen molar-refractivity contribution in [1.29, 1.82) is 0 Å². The molecule has 0 bridgehead atoms. The molecular weight excluding hydrogens is 294 g/mol. The van der Waals surface area contributed by atoms with Gasteiger partial charge in [0, 0.05) is 29.1 Å². The normalized spacial score (nSPS) is 10.9. The Labute approximate surface area is 135 Å². The SMILES string of the molecule is CCN(CC)c1nc(-c2ccccc2)c2cc(Cl)ccc2n1. The van der Waals surface area contributed by atoms with Gasteiger partial charge >= 0.3 is 0 Å². The van der Waals surface area contributed by atoms with Crippen LogP contribution in [0.3, 0.4) is 0 Å². The lowest BCUT2D eigenvalue weighted by Gasteiger charge is -2.20. The molecule has 0 amide bonds. The topological polar surface area (TPSA) is 29.0 Å². The van der Waals surface area contributed by atoms with Crippen LogP contribution in [0.1, 0.15) is 13.8 Å². The minimum Gasteiger partial charge on any atom is -0.341 e. The van der Waals surface area contributed by atoms with E-state index in [0.29, 0.717) is 5.02 Å². The van der Waals surface area contributed by atoms with Crippen LogP contribution >= 0.6 is 11.6 Å². The highest BCUT2D eigenvalue weighted by Crippen LogP contribution is 2.30. The number of nitrogens with zero attached hydrogens (tertiary/aromatic N) is 3. The van der Waals surface area contributed by atoms with Gasteiger partial charge in [-0.05, 0) is 32.0 Å². The lowest BCUT2D eigenvalue weighted by Crippen LogP contribution is -2.24. The van der Waals surface area contributed by atoms with Crippen molar-refractivity contribution in [3.63, 3.8) is 0 Å². The zero-order valence-electron chi connectivity index (χ0n) is 12.8. The number of hydrogen-bond acceptors (Lipinski definition) is 3. The van der Waals surface area contributed by atoms with E-state index in [9.17, 15) is 0 Å². The Morgan fingerprint density at radius 3 is 2.36 bits per heavy atom. The molecule has 4 heteroatoms. The maximum atomic E-state index is 6.17. The summed E-state index contributed by atoms with van der Waals surface area (Å²) < 4.78 is 0. The van der Waals surface area contributed by atoms with Gasteiger partial charge in [-0.3, -0.25) is 0 Å². The smallest absolute Gasteiger partial charge is 0.226 e. The molecule has 3 aromatic rings. The number of hydrogen-bond donors (Lipinski definition) is 0. The van der Waals surface area contributed by atoms with E-state index in [1.807, 2.05) is 36.4 Å². The van der Waals surface area contributed by atoms with Crippen LogP contribution in [0.15, 0.2) is 48.5 Å². The number of aromatic nitrogens is 2. The summed E-state index contributed by atoms with van der Waals surface area (Å²) in [5.74, 6) is 0.763. The van der Waals surface area contributed by atoms with Crippen molar-refractivity contribution in [1.82, 2.24) is 9.97 Å². The highest BCUT2D eigenvalue weighted by atomic mass is 35.5. The highest BCUT2D eigenvalue weighted by Gasteiger charge is 2.13. The van der Waals surface area contributed by atoms with Crippen molar-refractivity contribution in [2.45, 2.75) is 13.8 Å². The summed E-state index contributed by atoms with van der Waals surface area (Å²) >= 11 is 6.17. The van der Waals surface area contributed by atoms with E-state index >= 15 is 0 Å². The average Bonchev–Trinajstić information content (AvgIpc) is 2.56. The second-order valence-electron chi connectivity index (χ2n) is 5.07. The van der Waals surface area contributed by atoms with E-state index in [1.54, 1.807) is 0 Å². The van der Waals surface area contributed by atoms with Crippen molar-refractivity contribution < 1.29 is 0 Å². The fourth-order valence-electron chi connectivity index (χ4n) is 2.55. The van der Waals surface area contributed by atoms with Crippen LogP contribution < -0.4 is 4.90 Å². The van der Waals surface area contributed by atoms with Gasteiger partial charge < -0.3 is 4.90 Å². The molecule has 0 saturated carbocycles. The van der Waals surface area contributed by atoms with Crippen LogP contribution in [-0.4, -0.2) is 23.1 Å². The van der Waals surface area contributed by atoms with Gasteiger partial charge in [-0.15, -0.1) is 0 Å². The average molecular weight is 312 g/mol. The second-order valence-corrected chi connectivity index (χ2v) is 5.51. The van der Waals surface area contributed by atoms with E-state index in [0.717, 1.165) is 41.2 Å². The maximum absolute atomic E-state index is 6.17. The molecule has 0 unspecified atom stereocenters. The zero-order chi connectivity index (χ0) is 15.5. The van der Waals surface area contributed by atoms with Crippen LogP contribution in [0.2, 0.25) is 5.02 Å². The van der Waals surface area contributed by atoms with Gasteiger partial charge in [-0.1, -0.05) is 41.9 Å². The fourth-order valence-corrected chi connectivity index (χ4v) is 2.72. The Balaban J connectivity index is 2.29. The Hall–Kier alpha value is -2.13. The molecule has 22 heavy (non-hydrogen) atoms. The van der Waals surface area contributed by atoms with Crippen molar-refractivity contribution in [2.75, 3.05) is 18.0 Å². The number of fused-ring (bicyclic) bond motifs is 1. The number of benzene rings is 2. The van der Waals surface area contributed by atoms with Crippen LogP contribution in [0, 0.1) is 0 Å². The fraction of sp³-hybridized carbons (Fsp3) is 0.222. The lowest BCUT2D eigenvalue weighted by atomic mass is 10.1. The van der Waals surface area contributed by atoms with Crippen LogP contribution in [0.5, 0.6) is 0 Å².